The SMILES string of the molecule is CC1(NC(=O)c2cccc(-c3ccn[nH]3)c2)CC1. The van der Waals surface area contributed by atoms with Gasteiger partial charge in [-0.2, -0.15) is 5.10 Å². The maximum absolute atomic E-state index is 12.1. The molecule has 2 N–H and O–H groups in total. The van der Waals surface area contributed by atoms with Gasteiger partial charge in [-0.05, 0) is 38.0 Å². The fourth-order valence-corrected chi connectivity index (χ4v) is 1.90. The summed E-state index contributed by atoms with van der Waals surface area (Å²) in [5.41, 5.74) is 2.60. The van der Waals surface area contributed by atoms with Crippen molar-refractivity contribution in [3.05, 3.63) is 42.1 Å². The number of H-pyrrole nitrogens is 1. The van der Waals surface area contributed by atoms with Gasteiger partial charge in [-0.25, -0.2) is 0 Å². The Bertz CT molecular complexity index is 570. The number of carbonyl (C=O) groups excluding carboxylic acids is 1. The second kappa shape index (κ2) is 3.98. The van der Waals surface area contributed by atoms with Crippen LogP contribution in [0.4, 0.5) is 0 Å². The molecule has 0 spiro atoms. The fourth-order valence-electron chi connectivity index (χ4n) is 1.90. The third-order valence-electron chi connectivity index (χ3n) is 3.35. The van der Waals surface area contributed by atoms with Gasteiger partial charge in [0.2, 0.25) is 0 Å². The van der Waals surface area contributed by atoms with Crippen molar-refractivity contribution < 1.29 is 4.79 Å². The van der Waals surface area contributed by atoms with E-state index in [-0.39, 0.29) is 11.4 Å². The summed E-state index contributed by atoms with van der Waals surface area (Å²) in [7, 11) is 0. The predicted molar refractivity (Wildman–Crippen MR) is 69.1 cm³/mol. The van der Waals surface area contributed by atoms with Crippen LogP contribution in [0.2, 0.25) is 0 Å². The Morgan fingerprint density at radius 1 is 1.39 bits per heavy atom. The standard InChI is InChI=1S/C14H15N3O/c1-14(6-7-14)16-13(18)11-4-2-3-10(9-11)12-5-8-15-17-12/h2-5,8-9H,6-7H2,1H3,(H,15,17)(H,16,18). The molecule has 92 valence electrons. The summed E-state index contributed by atoms with van der Waals surface area (Å²) >= 11 is 0. The number of nitrogens with zero attached hydrogens (tertiary/aromatic N) is 1. The van der Waals surface area contributed by atoms with E-state index in [1.54, 1.807) is 6.20 Å². The number of rotatable bonds is 3. The number of benzene rings is 1. The number of nitrogens with one attached hydrogen (secondary N) is 2. The zero-order valence-corrected chi connectivity index (χ0v) is 10.2. The number of aromatic amines is 1. The zero-order chi connectivity index (χ0) is 12.6. The third kappa shape index (κ3) is 2.14. The lowest BCUT2D eigenvalue weighted by Gasteiger charge is -2.11. The molecule has 1 fully saturated rings. The van der Waals surface area contributed by atoms with Crippen LogP contribution in [-0.4, -0.2) is 21.6 Å². The molecule has 1 aliphatic rings. The van der Waals surface area contributed by atoms with E-state index in [9.17, 15) is 4.79 Å². The topological polar surface area (TPSA) is 57.8 Å². The van der Waals surface area contributed by atoms with E-state index >= 15 is 0 Å². The number of amides is 1. The van der Waals surface area contributed by atoms with Crippen molar-refractivity contribution in [3.63, 3.8) is 0 Å². The average molecular weight is 241 g/mol. The number of hydrogen-bond acceptors (Lipinski definition) is 2. The molecule has 1 aromatic heterocycles. The predicted octanol–water partition coefficient (Wildman–Crippen LogP) is 2.36. The van der Waals surface area contributed by atoms with Crippen molar-refractivity contribution in [1.82, 2.24) is 15.5 Å². The minimum atomic E-state index is -0.00337. The molecule has 1 aromatic carbocycles. The van der Waals surface area contributed by atoms with Gasteiger partial charge in [0.15, 0.2) is 0 Å². The minimum absolute atomic E-state index is 0.00337. The summed E-state index contributed by atoms with van der Waals surface area (Å²) < 4.78 is 0. The van der Waals surface area contributed by atoms with Gasteiger partial charge in [-0.1, -0.05) is 12.1 Å². The highest BCUT2D eigenvalue weighted by atomic mass is 16.1. The zero-order valence-electron chi connectivity index (χ0n) is 10.2. The van der Waals surface area contributed by atoms with Gasteiger partial charge >= 0.3 is 0 Å². The molecule has 1 aliphatic carbocycles. The highest BCUT2D eigenvalue weighted by molar-refractivity contribution is 5.96. The molecular formula is C14H15N3O. The first-order valence-corrected chi connectivity index (χ1v) is 6.09. The van der Waals surface area contributed by atoms with Gasteiger partial charge in [0.1, 0.15) is 0 Å². The third-order valence-corrected chi connectivity index (χ3v) is 3.35. The Morgan fingerprint density at radius 2 is 2.22 bits per heavy atom. The van der Waals surface area contributed by atoms with E-state index in [1.807, 2.05) is 30.3 Å². The lowest BCUT2D eigenvalue weighted by Crippen LogP contribution is -2.34. The van der Waals surface area contributed by atoms with Crippen molar-refractivity contribution in [2.75, 3.05) is 0 Å². The second-order valence-corrected chi connectivity index (χ2v) is 5.07. The summed E-state index contributed by atoms with van der Waals surface area (Å²) in [5.74, 6) is -0.00337. The Labute approximate surface area is 105 Å². The fraction of sp³-hybridized carbons (Fsp3) is 0.286. The van der Waals surface area contributed by atoms with E-state index in [4.69, 9.17) is 0 Å². The van der Waals surface area contributed by atoms with Crippen LogP contribution in [0, 0.1) is 0 Å². The van der Waals surface area contributed by atoms with Crippen molar-refractivity contribution in [2.24, 2.45) is 0 Å². The van der Waals surface area contributed by atoms with E-state index in [2.05, 4.69) is 22.4 Å². The Hall–Kier alpha value is -2.10. The average Bonchev–Trinajstić information content (AvgIpc) is 2.90. The Balaban J connectivity index is 1.84. The van der Waals surface area contributed by atoms with Crippen LogP contribution >= 0.6 is 0 Å². The van der Waals surface area contributed by atoms with Gasteiger partial charge in [0.05, 0.1) is 5.69 Å². The Morgan fingerprint density at radius 3 is 2.89 bits per heavy atom. The largest absolute Gasteiger partial charge is 0.347 e. The highest BCUT2D eigenvalue weighted by Crippen LogP contribution is 2.34. The summed E-state index contributed by atoms with van der Waals surface area (Å²) in [6.07, 6.45) is 3.84. The van der Waals surface area contributed by atoms with Gasteiger partial charge in [0, 0.05) is 22.9 Å². The quantitative estimate of drug-likeness (QED) is 0.866. The van der Waals surface area contributed by atoms with Crippen molar-refractivity contribution >= 4 is 5.91 Å². The van der Waals surface area contributed by atoms with Crippen LogP contribution in [0.5, 0.6) is 0 Å². The van der Waals surface area contributed by atoms with E-state index < -0.39 is 0 Å². The van der Waals surface area contributed by atoms with Gasteiger partial charge in [-0.3, -0.25) is 9.89 Å². The van der Waals surface area contributed by atoms with Gasteiger partial charge in [-0.15, -0.1) is 0 Å². The molecule has 1 heterocycles. The summed E-state index contributed by atoms with van der Waals surface area (Å²) in [6.45, 7) is 2.07. The van der Waals surface area contributed by atoms with Crippen LogP contribution < -0.4 is 5.32 Å². The maximum Gasteiger partial charge on any atom is 0.251 e. The highest BCUT2D eigenvalue weighted by Gasteiger charge is 2.38. The van der Waals surface area contributed by atoms with Crippen LogP contribution in [0.1, 0.15) is 30.1 Å². The second-order valence-electron chi connectivity index (χ2n) is 5.07. The smallest absolute Gasteiger partial charge is 0.251 e. The molecule has 0 aliphatic heterocycles. The van der Waals surface area contributed by atoms with E-state index in [0.29, 0.717) is 5.56 Å². The van der Waals surface area contributed by atoms with Crippen LogP contribution in [0.3, 0.4) is 0 Å². The molecule has 1 amide bonds. The Kier molecular flexibility index (Phi) is 2.44. The summed E-state index contributed by atoms with van der Waals surface area (Å²) in [4.78, 5) is 12.1. The van der Waals surface area contributed by atoms with Gasteiger partial charge < -0.3 is 5.32 Å². The number of aromatic nitrogens is 2. The molecule has 0 unspecified atom stereocenters. The summed E-state index contributed by atoms with van der Waals surface area (Å²) in [6, 6.07) is 9.46. The molecule has 4 heteroatoms. The molecule has 2 aromatic rings. The maximum atomic E-state index is 12.1. The van der Waals surface area contributed by atoms with Crippen LogP contribution in [0.25, 0.3) is 11.3 Å². The van der Waals surface area contributed by atoms with Crippen molar-refractivity contribution in [3.8, 4) is 11.3 Å². The lowest BCUT2D eigenvalue weighted by molar-refractivity contribution is 0.0935. The van der Waals surface area contributed by atoms with Crippen LogP contribution in [0.15, 0.2) is 36.5 Å². The summed E-state index contributed by atoms with van der Waals surface area (Å²) in [5, 5.41) is 9.87. The first-order chi connectivity index (χ1) is 8.66. The molecule has 1 saturated carbocycles. The van der Waals surface area contributed by atoms with Crippen molar-refractivity contribution in [1.29, 1.82) is 0 Å². The van der Waals surface area contributed by atoms with Crippen LogP contribution in [-0.2, 0) is 0 Å². The number of carbonyl (C=O) groups is 1. The molecule has 18 heavy (non-hydrogen) atoms. The van der Waals surface area contributed by atoms with Gasteiger partial charge in [0.25, 0.3) is 5.91 Å². The molecule has 3 rings (SSSR count). The molecule has 4 nitrogen and oxygen atoms in total. The lowest BCUT2D eigenvalue weighted by atomic mass is 10.1. The monoisotopic (exact) mass is 241 g/mol. The molecule has 0 bridgehead atoms. The normalized spacial score (nSPS) is 16.3. The molecule has 0 saturated heterocycles. The first kappa shape index (κ1) is 11.0. The minimum Gasteiger partial charge on any atom is -0.347 e. The molecule has 0 radical (unpaired) electrons. The van der Waals surface area contributed by atoms with Crippen molar-refractivity contribution in [2.45, 2.75) is 25.3 Å². The molecular weight excluding hydrogens is 226 g/mol. The number of hydrogen-bond donors (Lipinski definition) is 2. The first-order valence-electron chi connectivity index (χ1n) is 6.09. The molecule has 0 atom stereocenters. The van der Waals surface area contributed by atoms with E-state index in [0.717, 1.165) is 24.1 Å². The van der Waals surface area contributed by atoms with E-state index in [1.165, 1.54) is 0 Å².